The van der Waals surface area contributed by atoms with Gasteiger partial charge < -0.3 is 5.73 Å². The number of aromatic nitrogens is 4. The molecule has 2 aromatic rings. The summed E-state index contributed by atoms with van der Waals surface area (Å²) in [5, 5.41) is 4.11. The Hall–Kier alpha value is -1.43. The van der Waals surface area contributed by atoms with Crippen molar-refractivity contribution in [2.75, 3.05) is 5.73 Å². The van der Waals surface area contributed by atoms with Crippen LogP contribution in [0.2, 0.25) is 0 Å². The second-order valence-electron chi connectivity index (χ2n) is 3.03. The number of aryl methyl sites for hydroxylation is 1. The van der Waals surface area contributed by atoms with Gasteiger partial charge in [-0.15, -0.1) is 5.10 Å². The van der Waals surface area contributed by atoms with E-state index in [1.807, 2.05) is 13.0 Å². The third-order valence-corrected chi connectivity index (χ3v) is 2.61. The van der Waals surface area contributed by atoms with Crippen molar-refractivity contribution < 1.29 is 0 Å². The highest BCUT2D eigenvalue weighted by atomic mass is 79.9. The van der Waals surface area contributed by atoms with Crippen LogP contribution in [0.15, 0.2) is 23.1 Å². The molecule has 2 N–H and O–H groups in total. The first-order valence-corrected chi connectivity index (χ1v) is 5.32. The summed E-state index contributed by atoms with van der Waals surface area (Å²) in [7, 11) is 0. The zero-order valence-electron chi connectivity index (χ0n) is 8.18. The first-order chi connectivity index (χ1) is 7.20. The van der Waals surface area contributed by atoms with E-state index in [4.69, 9.17) is 5.73 Å². The first kappa shape index (κ1) is 10.1. The molecule has 0 spiro atoms. The fraction of sp³-hybridized carbons (Fsp3) is 0.222. The predicted octanol–water partition coefficient (Wildman–Crippen LogP) is 1.57. The van der Waals surface area contributed by atoms with Gasteiger partial charge >= 0.3 is 0 Å². The fourth-order valence-electron chi connectivity index (χ4n) is 1.19. The van der Waals surface area contributed by atoms with E-state index >= 15 is 0 Å². The summed E-state index contributed by atoms with van der Waals surface area (Å²) in [6.07, 6.45) is 4.17. The molecular weight excluding hydrogens is 258 g/mol. The molecule has 0 unspecified atom stereocenters. The highest BCUT2D eigenvalue weighted by Gasteiger charge is 2.05. The molecule has 5 nitrogen and oxygen atoms in total. The van der Waals surface area contributed by atoms with Gasteiger partial charge in [0, 0.05) is 18.0 Å². The maximum Gasteiger partial charge on any atom is 0.160 e. The molecule has 0 bridgehead atoms. The monoisotopic (exact) mass is 267 g/mol. The number of hydrogen-bond acceptors (Lipinski definition) is 4. The van der Waals surface area contributed by atoms with Crippen LogP contribution in [0.3, 0.4) is 0 Å². The molecule has 0 atom stereocenters. The molecule has 0 saturated carbocycles. The minimum absolute atomic E-state index is 0.451. The van der Waals surface area contributed by atoms with Crippen LogP contribution in [0.1, 0.15) is 12.6 Å². The van der Waals surface area contributed by atoms with Gasteiger partial charge in [0.15, 0.2) is 11.6 Å². The SMILES string of the molecule is CCc1cc(-n2cc(Br)c(N)n2)ncn1. The summed E-state index contributed by atoms with van der Waals surface area (Å²) in [6.45, 7) is 2.04. The average molecular weight is 268 g/mol. The summed E-state index contributed by atoms with van der Waals surface area (Å²) in [6, 6.07) is 1.89. The fourth-order valence-corrected chi connectivity index (χ4v) is 1.46. The molecule has 0 aliphatic rings. The zero-order valence-corrected chi connectivity index (χ0v) is 9.77. The molecule has 0 amide bonds. The third kappa shape index (κ3) is 1.99. The summed E-state index contributed by atoms with van der Waals surface area (Å²) in [4.78, 5) is 8.24. The van der Waals surface area contributed by atoms with Gasteiger partial charge in [0.2, 0.25) is 0 Å². The number of hydrogen-bond donors (Lipinski definition) is 1. The van der Waals surface area contributed by atoms with Crippen LogP contribution >= 0.6 is 15.9 Å². The molecule has 0 saturated heterocycles. The number of rotatable bonds is 2. The van der Waals surface area contributed by atoms with Crippen molar-refractivity contribution in [3.8, 4) is 5.82 Å². The van der Waals surface area contributed by atoms with Crippen molar-refractivity contribution >= 4 is 21.7 Å². The molecule has 15 heavy (non-hydrogen) atoms. The number of nitrogen functional groups attached to an aromatic ring is 1. The van der Waals surface area contributed by atoms with Crippen LogP contribution in [-0.2, 0) is 6.42 Å². The van der Waals surface area contributed by atoms with E-state index in [-0.39, 0.29) is 0 Å². The Bertz CT molecular complexity index is 460. The Labute approximate surface area is 95.5 Å². The van der Waals surface area contributed by atoms with E-state index in [1.165, 1.54) is 6.33 Å². The summed E-state index contributed by atoms with van der Waals surface area (Å²) < 4.78 is 2.39. The van der Waals surface area contributed by atoms with Gasteiger partial charge in [-0.1, -0.05) is 6.92 Å². The molecule has 0 aliphatic carbocycles. The quantitative estimate of drug-likeness (QED) is 0.897. The lowest BCUT2D eigenvalue weighted by molar-refractivity contribution is 0.832. The number of anilines is 1. The van der Waals surface area contributed by atoms with Crippen molar-refractivity contribution in [2.24, 2.45) is 0 Å². The third-order valence-electron chi connectivity index (χ3n) is 2.00. The maximum atomic E-state index is 5.63. The topological polar surface area (TPSA) is 69.6 Å². The lowest BCUT2D eigenvalue weighted by atomic mass is 10.3. The smallest absolute Gasteiger partial charge is 0.160 e. The van der Waals surface area contributed by atoms with Crippen LogP contribution in [0.5, 0.6) is 0 Å². The number of nitrogens with zero attached hydrogens (tertiary/aromatic N) is 4. The minimum Gasteiger partial charge on any atom is -0.381 e. The minimum atomic E-state index is 0.451. The van der Waals surface area contributed by atoms with Crippen molar-refractivity contribution in [2.45, 2.75) is 13.3 Å². The van der Waals surface area contributed by atoms with Crippen LogP contribution < -0.4 is 5.73 Å². The van der Waals surface area contributed by atoms with E-state index in [2.05, 4.69) is 31.0 Å². The maximum absolute atomic E-state index is 5.63. The molecule has 2 aromatic heterocycles. The Morgan fingerprint density at radius 3 is 2.87 bits per heavy atom. The van der Waals surface area contributed by atoms with E-state index < -0.39 is 0 Å². The van der Waals surface area contributed by atoms with Gasteiger partial charge in [0.1, 0.15) is 6.33 Å². The largest absolute Gasteiger partial charge is 0.381 e. The molecule has 0 aliphatic heterocycles. The number of nitrogens with two attached hydrogens (primary N) is 1. The summed E-state index contributed by atoms with van der Waals surface area (Å²) >= 11 is 3.30. The average Bonchev–Trinajstić information content (AvgIpc) is 2.59. The zero-order chi connectivity index (χ0) is 10.8. The van der Waals surface area contributed by atoms with Crippen LogP contribution in [0, 0.1) is 0 Å². The normalized spacial score (nSPS) is 10.5. The van der Waals surface area contributed by atoms with E-state index in [9.17, 15) is 0 Å². The molecule has 0 aromatic carbocycles. The molecule has 0 radical (unpaired) electrons. The Morgan fingerprint density at radius 2 is 2.27 bits per heavy atom. The van der Waals surface area contributed by atoms with Gasteiger partial charge in [-0.25, -0.2) is 14.6 Å². The van der Waals surface area contributed by atoms with E-state index in [0.717, 1.165) is 22.4 Å². The van der Waals surface area contributed by atoms with Crippen molar-refractivity contribution in [1.29, 1.82) is 0 Å². The second-order valence-corrected chi connectivity index (χ2v) is 3.88. The molecule has 0 fully saturated rings. The van der Waals surface area contributed by atoms with E-state index in [0.29, 0.717) is 5.82 Å². The Kier molecular flexibility index (Phi) is 2.68. The van der Waals surface area contributed by atoms with Crippen LogP contribution in [-0.4, -0.2) is 19.7 Å². The molecule has 2 heterocycles. The number of halogens is 1. The Balaban J connectivity index is 2.44. The molecule has 2 rings (SSSR count). The standard InChI is InChI=1S/C9H10BrN5/c1-2-6-3-8(13-5-12-6)15-4-7(10)9(11)14-15/h3-5H,2H2,1H3,(H2,11,14). The molecule has 78 valence electrons. The van der Waals surface area contributed by atoms with Crippen LogP contribution in [0.25, 0.3) is 5.82 Å². The van der Waals surface area contributed by atoms with Gasteiger partial charge in [0.05, 0.1) is 4.47 Å². The lowest BCUT2D eigenvalue weighted by Gasteiger charge is -2.00. The van der Waals surface area contributed by atoms with E-state index in [1.54, 1.807) is 10.9 Å². The second kappa shape index (κ2) is 3.98. The van der Waals surface area contributed by atoms with Gasteiger partial charge in [-0.2, -0.15) is 0 Å². The predicted molar refractivity (Wildman–Crippen MR) is 60.6 cm³/mol. The summed E-state index contributed by atoms with van der Waals surface area (Å²) in [5.74, 6) is 1.17. The van der Waals surface area contributed by atoms with Gasteiger partial charge in [-0.3, -0.25) is 0 Å². The first-order valence-electron chi connectivity index (χ1n) is 4.52. The van der Waals surface area contributed by atoms with Gasteiger partial charge in [0.25, 0.3) is 0 Å². The van der Waals surface area contributed by atoms with Gasteiger partial charge in [-0.05, 0) is 22.4 Å². The lowest BCUT2D eigenvalue weighted by Crippen LogP contribution is -2.01. The van der Waals surface area contributed by atoms with Crippen LogP contribution in [0.4, 0.5) is 5.82 Å². The van der Waals surface area contributed by atoms with Crippen molar-refractivity contribution in [3.63, 3.8) is 0 Å². The Morgan fingerprint density at radius 1 is 1.47 bits per heavy atom. The molecule has 6 heteroatoms. The summed E-state index contributed by atoms with van der Waals surface area (Å²) in [5.41, 5.74) is 6.60. The molecular formula is C9H10BrN5. The van der Waals surface area contributed by atoms with Crippen molar-refractivity contribution in [3.05, 3.63) is 28.8 Å². The highest BCUT2D eigenvalue weighted by Crippen LogP contribution is 2.18. The highest BCUT2D eigenvalue weighted by molar-refractivity contribution is 9.10. The van der Waals surface area contributed by atoms with Crippen molar-refractivity contribution in [1.82, 2.24) is 19.7 Å².